The second-order valence-electron chi connectivity index (χ2n) is 10.2. The Hall–Kier alpha value is -3.68. The van der Waals surface area contributed by atoms with E-state index in [-0.39, 0.29) is 18.0 Å². The first-order chi connectivity index (χ1) is 19.3. The number of thiocarbonyl (C=S) groups is 1. The number of nitrogens with zero attached hydrogens (tertiary/aromatic N) is 3. The van der Waals surface area contributed by atoms with Gasteiger partial charge >= 0.3 is 0 Å². The third kappa shape index (κ3) is 5.36. The smallest absolute Gasteiger partial charge is 0.226 e. The average Bonchev–Trinajstić information content (AvgIpc) is 3.44. The van der Waals surface area contributed by atoms with E-state index >= 15 is 0 Å². The number of pyridine rings is 1. The van der Waals surface area contributed by atoms with Crippen molar-refractivity contribution in [3.05, 3.63) is 112 Å². The lowest BCUT2D eigenvalue weighted by Crippen LogP contribution is -2.33. The number of hydrogen-bond donors (Lipinski definition) is 2. The van der Waals surface area contributed by atoms with Crippen LogP contribution >= 0.6 is 23.8 Å². The molecule has 3 heterocycles. The number of carbonyl (C=O) groups excluding carboxylic acids is 1. The Morgan fingerprint density at radius 1 is 1.07 bits per heavy atom. The lowest BCUT2D eigenvalue weighted by atomic mass is 9.96. The first-order valence-corrected chi connectivity index (χ1v) is 14.4. The molecule has 0 radical (unpaired) electrons. The van der Waals surface area contributed by atoms with Gasteiger partial charge in [0.15, 0.2) is 5.11 Å². The van der Waals surface area contributed by atoms with Gasteiger partial charge in [-0.05, 0) is 92.5 Å². The number of para-hydroxylation sites is 1. The maximum absolute atomic E-state index is 13.1. The van der Waals surface area contributed by atoms with Crippen molar-refractivity contribution in [3.63, 3.8) is 0 Å². The highest BCUT2D eigenvalue weighted by atomic mass is 35.5. The van der Waals surface area contributed by atoms with Gasteiger partial charge in [-0.3, -0.25) is 9.78 Å². The number of amides is 1. The largest absolute Gasteiger partial charge is 0.352 e. The van der Waals surface area contributed by atoms with Gasteiger partial charge in [-0.2, -0.15) is 0 Å². The van der Waals surface area contributed by atoms with Crippen LogP contribution in [0.15, 0.2) is 72.9 Å². The predicted molar refractivity (Wildman–Crippen MR) is 166 cm³/mol. The monoisotopic (exact) mass is 571 g/mol. The van der Waals surface area contributed by atoms with Crippen molar-refractivity contribution in [2.45, 2.75) is 52.6 Å². The summed E-state index contributed by atoms with van der Waals surface area (Å²) in [5.41, 5.74) is 8.30. The van der Waals surface area contributed by atoms with E-state index in [4.69, 9.17) is 23.8 Å². The first kappa shape index (κ1) is 27.9. The number of aromatic nitrogens is 2. The molecule has 4 aromatic rings. The Kier molecular flexibility index (Phi) is 8.24. The number of carbonyl (C=O) groups is 1. The minimum atomic E-state index is -0.160. The highest BCUT2D eigenvalue weighted by Crippen LogP contribution is 2.42. The van der Waals surface area contributed by atoms with Gasteiger partial charge in [0.25, 0.3) is 0 Å². The Balaban J connectivity index is 1.49. The molecule has 0 bridgehead atoms. The topological polar surface area (TPSA) is 62.2 Å². The number of anilines is 1. The zero-order chi connectivity index (χ0) is 28.4. The average molecular weight is 572 g/mol. The van der Waals surface area contributed by atoms with E-state index in [0.717, 1.165) is 56.6 Å². The molecule has 2 aromatic heterocycles. The van der Waals surface area contributed by atoms with Crippen molar-refractivity contribution in [2.24, 2.45) is 0 Å². The van der Waals surface area contributed by atoms with Crippen LogP contribution in [0, 0.1) is 20.8 Å². The molecule has 1 saturated heterocycles. The molecule has 1 aliphatic heterocycles. The maximum atomic E-state index is 13.1. The molecular weight excluding hydrogens is 538 g/mol. The van der Waals surface area contributed by atoms with Crippen LogP contribution in [-0.2, 0) is 11.2 Å². The second-order valence-corrected chi connectivity index (χ2v) is 11.0. The van der Waals surface area contributed by atoms with E-state index in [1.807, 2.05) is 61.5 Å². The second kappa shape index (κ2) is 11.8. The summed E-state index contributed by atoms with van der Waals surface area (Å²) in [6.07, 6.45) is 2.96. The molecule has 0 unspecified atom stereocenters. The molecule has 1 aliphatic rings. The SMILES string of the molecule is CCc1ccccc1NC(=O)CCN1C(=S)N[C@@H](c2ccccn2)[C@H]1c1cc(C)n(-c2cccc(Cl)c2C)c1C. The molecule has 0 aliphatic carbocycles. The van der Waals surface area contributed by atoms with Gasteiger partial charge in [0.2, 0.25) is 5.91 Å². The number of rotatable bonds is 8. The first-order valence-electron chi connectivity index (χ1n) is 13.6. The summed E-state index contributed by atoms with van der Waals surface area (Å²) in [5.74, 6) is -0.0382. The Bertz CT molecular complexity index is 1550. The van der Waals surface area contributed by atoms with Crippen molar-refractivity contribution in [1.29, 1.82) is 0 Å². The zero-order valence-electron chi connectivity index (χ0n) is 23.2. The molecule has 1 fully saturated rings. The third-order valence-electron chi connectivity index (χ3n) is 7.72. The fourth-order valence-corrected chi connectivity index (χ4v) is 6.17. The number of hydrogen-bond acceptors (Lipinski definition) is 3. The molecule has 0 spiro atoms. The Morgan fingerprint density at radius 2 is 1.85 bits per heavy atom. The van der Waals surface area contributed by atoms with Crippen LogP contribution in [-0.4, -0.2) is 32.0 Å². The summed E-state index contributed by atoms with van der Waals surface area (Å²) < 4.78 is 2.25. The quantitative estimate of drug-likeness (QED) is 0.223. The Labute approximate surface area is 246 Å². The van der Waals surface area contributed by atoms with Crippen LogP contribution in [0.3, 0.4) is 0 Å². The van der Waals surface area contributed by atoms with Crippen LogP contribution in [0.1, 0.15) is 59.2 Å². The van der Waals surface area contributed by atoms with E-state index in [0.29, 0.717) is 18.1 Å². The van der Waals surface area contributed by atoms with Crippen molar-refractivity contribution < 1.29 is 4.79 Å². The summed E-state index contributed by atoms with van der Waals surface area (Å²) in [5, 5.41) is 7.96. The number of aryl methyl sites for hydroxylation is 2. The molecule has 206 valence electrons. The lowest BCUT2D eigenvalue weighted by Gasteiger charge is -2.28. The van der Waals surface area contributed by atoms with Crippen LogP contribution < -0.4 is 10.6 Å². The third-order valence-corrected chi connectivity index (χ3v) is 8.48. The normalized spacial score (nSPS) is 16.7. The van der Waals surface area contributed by atoms with E-state index in [1.165, 1.54) is 0 Å². The molecule has 1 amide bonds. The lowest BCUT2D eigenvalue weighted by molar-refractivity contribution is -0.116. The van der Waals surface area contributed by atoms with E-state index in [1.54, 1.807) is 6.20 Å². The van der Waals surface area contributed by atoms with Gasteiger partial charge in [-0.15, -0.1) is 0 Å². The standard InChI is InChI=1S/C32H34ClN5OS/c1-5-23-11-6-7-13-26(23)35-29(39)16-18-37-31(30(36-32(37)40)27-14-8-9-17-34-27)24-19-20(2)38(22(24)4)28-15-10-12-25(33)21(28)3/h6-15,17,19,30-31H,5,16,18H2,1-4H3,(H,35,39)(H,36,40)/t30-,31+/m0/s1. The molecule has 6 nitrogen and oxygen atoms in total. The van der Waals surface area contributed by atoms with Gasteiger partial charge < -0.3 is 20.1 Å². The molecule has 40 heavy (non-hydrogen) atoms. The number of halogens is 1. The number of benzene rings is 2. The van der Waals surface area contributed by atoms with Crippen LogP contribution in [0.25, 0.3) is 5.69 Å². The molecule has 2 aromatic carbocycles. The van der Waals surface area contributed by atoms with Gasteiger partial charge in [0, 0.05) is 46.9 Å². The van der Waals surface area contributed by atoms with Crippen molar-refractivity contribution in [2.75, 3.05) is 11.9 Å². The maximum Gasteiger partial charge on any atom is 0.226 e. The summed E-state index contributed by atoms with van der Waals surface area (Å²) >= 11 is 12.4. The summed E-state index contributed by atoms with van der Waals surface area (Å²) in [4.78, 5) is 19.9. The van der Waals surface area contributed by atoms with Gasteiger partial charge in [-0.25, -0.2) is 0 Å². The van der Waals surface area contributed by atoms with Crippen molar-refractivity contribution >= 4 is 40.5 Å². The Morgan fingerprint density at radius 3 is 2.60 bits per heavy atom. The zero-order valence-corrected chi connectivity index (χ0v) is 24.8. The van der Waals surface area contributed by atoms with Crippen LogP contribution in [0.2, 0.25) is 5.02 Å². The fourth-order valence-electron chi connectivity index (χ4n) is 5.67. The summed E-state index contributed by atoms with van der Waals surface area (Å²) in [6, 6.07) is 21.8. The summed E-state index contributed by atoms with van der Waals surface area (Å²) in [6.45, 7) is 8.84. The van der Waals surface area contributed by atoms with Crippen molar-refractivity contribution in [3.8, 4) is 5.69 Å². The molecule has 2 N–H and O–H groups in total. The highest BCUT2D eigenvalue weighted by Gasteiger charge is 2.41. The van der Waals surface area contributed by atoms with E-state index in [2.05, 4.69) is 58.0 Å². The highest BCUT2D eigenvalue weighted by molar-refractivity contribution is 7.80. The fraction of sp³-hybridized carbons (Fsp3) is 0.281. The van der Waals surface area contributed by atoms with Gasteiger partial charge in [0.05, 0.1) is 17.8 Å². The number of nitrogens with one attached hydrogen (secondary N) is 2. The minimum absolute atomic E-state index is 0.0382. The summed E-state index contributed by atoms with van der Waals surface area (Å²) in [7, 11) is 0. The van der Waals surface area contributed by atoms with Crippen LogP contribution in [0.5, 0.6) is 0 Å². The molecular formula is C32H34ClN5OS. The van der Waals surface area contributed by atoms with Crippen molar-refractivity contribution in [1.82, 2.24) is 19.8 Å². The minimum Gasteiger partial charge on any atom is -0.352 e. The van der Waals surface area contributed by atoms with E-state index in [9.17, 15) is 4.79 Å². The molecule has 8 heteroatoms. The van der Waals surface area contributed by atoms with Gasteiger partial charge in [0.1, 0.15) is 0 Å². The van der Waals surface area contributed by atoms with Crippen LogP contribution in [0.4, 0.5) is 5.69 Å². The molecule has 5 rings (SSSR count). The van der Waals surface area contributed by atoms with Gasteiger partial charge in [-0.1, -0.05) is 48.9 Å². The molecule has 0 saturated carbocycles. The predicted octanol–water partition coefficient (Wildman–Crippen LogP) is 7.01. The molecule has 2 atom stereocenters. The van der Waals surface area contributed by atoms with E-state index < -0.39 is 0 Å².